The second kappa shape index (κ2) is 3.02. The molecule has 0 N–H and O–H groups in total. The van der Waals surface area contributed by atoms with Gasteiger partial charge in [0.2, 0.25) is 9.05 Å². The van der Waals surface area contributed by atoms with Gasteiger partial charge in [-0.05, 0) is 36.7 Å². The largest absolute Gasteiger partial charge is 0.238 e. The summed E-state index contributed by atoms with van der Waals surface area (Å²) in [7, 11) is 2.09. The van der Waals surface area contributed by atoms with Crippen LogP contribution in [0.2, 0.25) is 0 Å². The van der Waals surface area contributed by atoms with Gasteiger partial charge >= 0.3 is 0 Å². The second-order valence-electron chi connectivity index (χ2n) is 5.31. The molecule has 0 aromatic heterocycles. The molecule has 0 aliphatic heterocycles. The van der Waals surface area contributed by atoms with Crippen molar-refractivity contribution in [2.24, 2.45) is 5.41 Å². The van der Waals surface area contributed by atoms with E-state index >= 15 is 0 Å². The van der Waals surface area contributed by atoms with Crippen LogP contribution in [0, 0.1) is 5.41 Å². The Balaban J connectivity index is 1.71. The van der Waals surface area contributed by atoms with Gasteiger partial charge in [0, 0.05) is 10.7 Å². The third-order valence-corrected chi connectivity index (χ3v) is 6.48. The van der Waals surface area contributed by atoms with Gasteiger partial charge in [0.15, 0.2) is 0 Å². The molecule has 3 saturated carbocycles. The van der Waals surface area contributed by atoms with E-state index in [1.54, 1.807) is 0 Å². The molecule has 0 spiro atoms. The van der Waals surface area contributed by atoms with Gasteiger partial charge in [-0.15, -0.1) is 0 Å². The lowest BCUT2D eigenvalue weighted by molar-refractivity contribution is -0.0783. The third kappa shape index (κ3) is 1.34. The van der Waals surface area contributed by atoms with Crippen molar-refractivity contribution in [1.29, 1.82) is 0 Å². The minimum atomic E-state index is -3.36. The summed E-state index contributed by atoms with van der Waals surface area (Å²) in [6, 6.07) is 10.2. The van der Waals surface area contributed by atoms with Crippen molar-refractivity contribution in [1.82, 2.24) is 0 Å². The topological polar surface area (TPSA) is 34.1 Å². The zero-order chi connectivity index (χ0) is 11.4. The first kappa shape index (κ1) is 10.6. The van der Waals surface area contributed by atoms with Crippen molar-refractivity contribution >= 4 is 19.7 Å². The van der Waals surface area contributed by atoms with E-state index in [9.17, 15) is 8.42 Å². The molecule has 16 heavy (non-hydrogen) atoms. The Hall–Kier alpha value is -0.540. The average Bonchev–Trinajstić information content (AvgIpc) is 2.08. The van der Waals surface area contributed by atoms with Crippen LogP contribution in [0.3, 0.4) is 0 Å². The van der Waals surface area contributed by atoms with Crippen molar-refractivity contribution in [2.45, 2.75) is 30.4 Å². The van der Waals surface area contributed by atoms with Crippen LogP contribution in [0.5, 0.6) is 0 Å². The maximum atomic E-state index is 11.3. The fraction of sp³-hybridized carbons (Fsp3) is 0.500. The van der Waals surface area contributed by atoms with Crippen LogP contribution in [-0.2, 0) is 15.5 Å². The summed E-state index contributed by atoms with van der Waals surface area (Å²) in [5.74, 6) is 0. The zero-order valence-corrected chi connectivity index (χ0v) is 10.4. The Morgan fingerprint density at radius 1 is 1.12 bits per heavy atom. The van der Waals surface area contributed by atoms with Crippen molar-refractivity contribution in [3.63, 3.8) is 0 Å². The maximum Gasteiger partial charge on any atom is 0.238 e. The molecule has 0 atom stereocenters. The van der Waals surface area contributed by atoms with Crippen LogP contribution in [0.1, 0.15) is 24.8 Å². The lowest BCUT2D eigenvalue weighted by Crippen LogP contribution is -2.70. The molecular formula is C12H13ClO2S. The lowest BCUT2D eigenvalue weighted by Gasteiger charge is -2.68. The molecule has 4 heteroatoms. The minimum absolute atomic E-state index is 0.226. The number of hydrogen-bond acceptors (Lipinski definition) is 2. The maximum absolute atomic E-state index is 11.3. The quantitative estimate of drug-likeness (QED) is 0.780. The molecule has 0 saturated heterocycles. The SMILES string of the molecule is O=S(=O)(Cl)C12CC(Cc3ccccc3)(C1)C2. The van der Waals surface area contributed by atoms with E-state index in [1.807, 2.05) is 18.2 Å². The molecule has 1 aromatic rings. The Labute approximate surface area is 100 Å². The van der Waals surface area contributed by atoms with E-state index < -0.39 is 13.8 Å². The lowest BCUT2D eigenvalue weighted by atomic mass is 9.42. The first-order chi connectivity index (χ1) is 7.45. The molecule has 2 nitrogen and oxygen atoms in total. The zero-order valence-electron chi connectivity index (χ0n) is 8.82. The van der Waals surface area contributed by atoms with Gasteiger partial charge in [-0.1, -0.05) is 30.3 Å². The minimum Gasteiger partial charge on any atom is -0.212 e. The summed E-state index contributed by atoms with van der Waals surface area (Å²) >= 11 is 0. The summed E-state index contributed by atoms with van der Waals surface area (Å²) in [6.07, 6.45) is 3.24. The Kier molecular flexibility index (Phi) is 2.00. The highest BCUT2D eigenvalue weighted by Gasteiger charge is 2.73. The van der Waals surface area contributed by atoms with Gasteiger partial charge in [-0.3, -0.25) is 0 Å². The highest BCUT2D eigenvalue weighted by atomic mass is 35.7. The monoisotopic (exact) mass is 256 g/mol. The molecule has 0 radical (unpaired) electrons. The van der Waals surface area contributed by atoms with Crippen LogP contribution in [0.15, 0.2) is 30.3 Å². The molecular weight excluding hydrogens is 244 g/mol. The molecule has 0 amide bonds. The predicted octanol–water partition coefficient (Wildman–Crippen LogP) is 2.72. The fourth-order valence-corrected chi connectivity index (χ4v) is 5.30. The van der Waals surface area contributed by atoms with Gasteiger partial charge in [-0.25, -0.2) is 8.42 Å². The van der Waals surface area contributed by atoms with Crippen LogP contribution < -0.4 is 0 Å². The van der Waals surface area contributed by atoms with Gasteiger partial charge < -0.3 is 0 Å². The van der Waals surface area contributed by atoms with E-state index in [2.05, 4.69) is 12.1 Å². The van der Waals surface area contributed by atoms with Gasteiger partial charge in [-0.2, -0.15) is 0 Å². The fourth-order valence-electron chi connectivity index (χ4n) is 3.37. The molecule has 2 bridgehead atoms. The number of benzene rings is 1. The van der Waals surface area contributed by atoms with E-state index in [0.29, 0.717) is 0 Å². The van der Waals surface area contributed by atoms with Gasteiger partial charge in [0.05, 0.1) is 4.75 Å². The third-order valence-electron chi connectivity index (χ3n) is 4.03. The summed E-state index contributed by atoms with van der Waals surface area (Å²) in [6.45, 7) is 0. The summed E-state index contributed by atoms with van der Waals surface area (Å²) in [4.78, 5) is 0. The van der Waals surface area contributed by atoms with Crippen LogP contribution in [-0.4, -0.2) is 13.2 Å². The number of halogens is 1. The number of rotatable bonds is 3. The van der Waals surface area contributed by atoms with E-state index in [4.69, 9.17) is 10.7 Å². The first-order valence-electron chi connectivity index (χ1n) is 5.43. The first-order valence-corrected chi connectivity index (χ1v) is 7.74. The summed E-state index contributed by atoms with van der Waals surface area (Å²) in [5, 5.41) is 0. The van der Waals surface area contributed by atoms with Crippen LogP contribution in [0.25, 0.3) is 0 Å². The van der Waals surface area contributed by atoms with Crippen molar-refractivity contribution in [3.05, 3.63) is 35.9 Å². The Morgan fingerprint density at radius 3 is 2.19 bits per heavy atom. The molecule has 3 aliphatic carbocycles. The molecule has 1 aromatic carbocycles. The number of hydrogen-bond donors (Lipinski definition) is 0. The summed E-state index contributed by atoms with van der Waals surface area (Å²) < 4.78 is 22.1. The molecule has 0 heterocycles. The molecule has 3 fully saturated rings. The van der Waals surface area contributed by atoms with Crippen molar-refractivity contribution in [2.75, 3.05) is 0 Å². The van der Waals surface area contributed by atoms with E-state index in [1.165, 1.54) is 5.56 Å². The highest BCUT2D eigenvalue weighted by Crippen LogP contribution is 2.72. The van der Waals surface area contributed by atoms with Gasteiger partial charge in [0.25, 0.3) is 0 Å². The predicted molar refractivity (Wildman–Crippen MR) is 63.9 cm³/mol. The standard InChI is InChI=1S/C12H13ClO2S/c13-16(14,15)12-7-11(8-12,9-12)6-10-4-2-1-3-5-10/h1-5H,6-9H2. The Morgan fingerprint density at radius 2 is 1.69 bits per heavy atom. The van der Waals surface area contributed by atoms with Crippen molar-refractivity contribution < 1.29 is 8.42 Å². The van der Waals surface area contributed by atoms with E-state index in [-0.39, 0.29) is 5.41 Å². The highest BCUT2D eigenvalue weighted by molar-refractivity contribution is 8.15. The smallest absolute Gasteiger partial charge is 0.212 e. The van der Waals surface area contributed by atoms with E-state index in [0.717, 1.165) is 25.7 Å². The van der Waals surface area contributed by atoms with Gasteiger partial charge in [0.1, 0.15) is 0 Å². The Bertz CT molecular complexity index is 501. The van der Waals surface area contributed by atoms with Crippen LogP contribution in [0.4, 0.5) is 0 Å². The molecule has 0 unspecified atom stereocenters. The normalized spacial score (nSPS) is 36.3. The molecule has 3 aliphatic rings. The molecule has 86 valence electrons. The van der Waals surface area contributed by atoms with Crippen LogP contribution >= 0.6 is 10.7 Å². The second-order valence-corrected chi connectivity index (χ2v) is 8.27. The average molecular weight is 257 g/mol. The summed E-state index contributed by atoms with van der Waals surface area (Å²) in [5.41, 5.74) is 1.52. The molecule has 4 rings (SSSR count). The van der Waals surface area contributed by atoms with Crippen molar-refractivity contribution in [3.8, 4) is 0 Å².